The van der Waals surface area contributed by atoms with Crippen LogP contribution in [0, 0.1) is 0 Å². The van der Waals surface area contributed by atoms with E-state index < -0.39 is 0 Å². The van der Waals surface area contributed by atoms with Gasteiger partial charge in [-0.15, -0.1) is 24.0 Å². The van der Waals surface area contributed by atoms with Crippen LogP contribution in [0.5, 0.6) is 0 Å². The topological polar surface area (TPSA) is 79.5 Å². The Hall–Kier alpha value is -1.31. The van der Waals surface area contributed by atoms with E-state index >= 15 is 0 Å². The quantitative estimate of drug-likeness (QED) is 0.393. The van der Waals surface area contributed by atoms with Gasteiger partial charge >= 0.3 is 0 Å². The number of hydrogen-bond donors (Lipinski definition) is 3. The molecule has 6 heteroatoms. The van der Waals surface area contributed by atoms with Crippen molar-refractivity contribution in [2.24, 2.45) is 10.7 Å². The highest BCUT2D eigenvalue weighted by Gasteiger charge is 2.16. The molecular formula is C17H25IN4O. The lowest BCUT2D eigenvalue weighted by atomic mass is 9.96. The Morgan fingerprint density at radius 3 is 2.87 bits per heavy atom. The van der Waals surface area contributed by atoms with Crippen LogP contribution in [0.1, 0.15) is 53.6 Å². The molecule has 23 heavy (non-hydrogen) atoms. The van der Waals surface area contributed by atoms with Gasteiger partial charge in [0, 0.05) is 18.2 Å². The fraction of sp³-hybridized carbons (Fsp3) is 0.529. The standard InChI is InChI=1S/C17H24N4O.HI/c18-17(21-14-4-2-1-3-5-14)20-11-12-6-7-13-8-9-19-16(22)15(13)10-12;/h6-7,10,14H,1-5,8-9,11H2,(H,19,22)(H3,18,20,21);1H. The van der Waals surface area contributed by atoms with Crippen LogP contribution in [-0.2, 0) is 13.0 Å². The van der Waals surface area contributed by atoms with E-state index in [1.165, 1.54) is 32.1 Å². The van der Waals surface area contributed by atoms with Gasteiger partial charge in [0.15, 0.2) is 5.96 Å². The van der Waals surface area contributed by atoms with Crippen molar-refractivity contribution >= 4 is 35.8 Å². The number of carbonyl (C=O) groups excluding carboxylic acids is 1. The predicted octanol–water partition coefficient (Wildman–Crippen LogP) is 2.33. The number of rotatable bonds is 3. The highest BCUT2D eigenvalue weighted by Crippen LogP contribution is 2.18. The summed E-state index contributed by atoms with van der Waals surface area (Å²) in [5.74, 6) is 0.523. The van der Waals surface area contributed by atoms with E-state index in [-0.39, 0.29) is 29.9 Å². The molecule has 1 aliphatic heterocycles. The van der Waals surface area contributed by atoms with Crippen molar-refractivity contribution < 1.29 is 4.79 Å². The average molecular weight is 428 g/mol. The van der Waals surface area contributed by atoms with Gasteiger partial charge in [0.25, 0.3) is 5.91 Å². The molecule has 3 rings (SSSR count). The molecule has 1 aromatic rings. The molecule has 0 atom stereocenters. The summed E-state index contributed by atoms with van der Waals surface area (Å²) >= 11 is 0. The fourth-order valence-corrected chi connectivity index (χ4v) is 3.24. The first-order chi connectivity index (χ1) is 10.7. The summed E-state index contributed by atoms with van der Waals surface area (Å²) in [7, 11) is 0. The summed E-state index contributed by atoms with van der Waals surface area (Å²) in [6, 6.07) is 6.46. The number of guanidine groups is 1. The molecule has 1 fully saturated rings. The van der Waals surface area contributed by atoms with Crippen molar-refractivity contribution in [2.45, 2.75) is 51.1 Å². The summed E-state index contributed by atoms with van der Waals surface area (Å²) in [5, 5.41) is 6.18. The van der Waals surface area contributed by atoms with E-state index in [0.717, 1.165) is 29.7 Å². The predicted molar refractivity (Wildman–Crippen MR) is 103 cm³/mol. The summed E-state index contributed by atoms with van der Waals surface area (Å²) < 4.78 is 0. The minimum atomic E-state index is 0. The lowest BCUT2D eigenvalue weighted by molar-refractivity contribution is 0.0946. The highest BCUT2D eigenvalue weighted by molar-refractivity contribution is 14.0. The van der Waals surface area contributed by atoms with Crippen molar-refractivity contribution in [2.75, 3.05) is 6.54 Å². The number of hydrogen-bond acceptors (Lipinski definition) is 2. The second kappa shape index (κ2) is 8.52. The summed E-state index contributed by atoms with van der Waals surface area (Å²) in [4.78, 5) is 16.3. The first-order valence-electron chi connectivity index (χ1n) is 8.19. The number of amides is 1. The number of carbonyl (C=O) groups is 1. The number of halogens is 1. The molecule has 4 N–H and O–H groups in total. The second-order valence-electron chi connectivity index (χ2n) is 6.18. The molecule has 0 radical (unpaired) electrons. The first kappa shape index (κ1) is 18.0. The molecular weight excluding hydrogens is 403 g/mol. The number of nitrogens with two attached hydrogens (primary N) is 1. The lowest BCUT2D eigenvalue weighted by Crippen LogP contribution is -2.41. The Bertz CT molecular complexity index is 582. The molecule has 0 aromatic heterocycles. The van der Waals surface area contributed by atoms with E-state index in [9.17, 15) is 4.79 Å². The van der Waals surface area contributed by atoms with Crippen molar-refractivity contribution in [3.63, 3.8) is 0 Å². The van der Waals surface area contributed by atoms with Crippen LogP contribution < -0.4 is 16.4 Å². The first-order valence-corrected chi connectivity index (χ1v) is 8.19. The van der Waals surface area contributed by atoms with E-state index in [2.05, 4.69) is 15.6 Å². The van der Waals surface area contributed by atoms with Crippen molar-refractivity contribution in [3.8, 4) is 0 Å². The van der Waals surface area contributed by atoms with E-state index in [0.29, 0.717) is 18.5 Å². The molecule has 126 valence electrons. The summed E-state index contributed by atoms with van der Waals surface area (Å²) in [6.07, 6.45) is 7.11. The van der Waals surface area contributed by atoms with Crippen LogP contribution >= 0.6 is 24.0 Å². The number of nitrogens with one attached hydrogen (secondary N) is 2. The average Bonchev–Trinajstić information content (AvgIpc) is 2.54. The Kier molecular flexibility index (Phi) is 6.68. The van der Waals surface area contributed by atoms with Crippen LogP contribution in [0.2, 0.25) is 0 Å². The molecule has 2 aliphatic rings. The van der Waals surface area contributed by atoms with Crippen LogP contribution in [0.25, 0.3) is 0 Å². The number of fused-ring (bicyclic) bond motifs is 1. The SMILES string of the molecule is I.NC(=NCc1ccc2c(c1)C(=O)NCC2)NC1CCCCC1. The maximum absolute atomic E-state index is 11.9. The molecule has 0 unspecified atom stereocenters. The largest absolute Gasteiger partial charge is 0.370 e. The van der Waals surface area contributed by atoms with Gasteiger partial charge in [-0.1, -0.05) is 31.4 Å². The molecule has 5 nitrogen and oxygen atoms in total. The van der Waals surface area contributed by atoms with Crippen LogP contribution in [0.3, 0.4) is 0 Å². The lowest BCUT2D eigenvalue weighted by Gasteiger charge is -2.23. The van der Waals surface area contributed by atoms with Gasteiger partial charge in [0.2, 0.25) is 0 Å². The third-order valence-corrected chi connectivity index (χ3v) is 4.49. The van der Waals surface area contributed by atoms with Gasteiger partial charge in [0.05, 0.1) is 6.54 Å². The highest BCUT2D eigenvalue weighted by atomic mass is 127. The third kappa shape index (κ3) is 4.83. The van der Waals surface area contributed by atoms with Gasteiger partial charge in [-0.05, 0) is 36.5 Å². The molecule has 1 saturated carbocycles. The monoisotopic (exact) mass is 428 g/mol. The van der Waals surface area contributed by atoms with Gasteiger partial charge in [-0.3, -0.25) is 4.79 Å². The Morgan fingerprint density at radius 1 is 1.30 bits per heavy atom. The summed E-state index contributed by atoms with van der Waals surface area (Å²) in [6.45, 7) is 1.23. The Morgan fingerprint density at radius 2 is 2.09 bits per heavy atom. The fourth-order valence-electron chi connectivity index (χ4n) is 3.24. The zero-order chi connectivity index (χ0) is 15.4. The third-order valence-electron chi connectivity index (χ3n) is 4.49. The molecule has 0 saturated heterocycles. The van der Waals surface area contributed by atoms with E-state index in [4.69, 9.17) is 5.73 Å². The maximum atomic E-state index is 11.9. The van der Waals surface area contributed by atoms with Crippen molar-refractivity contribution in [1.29, 1.82) is 0 Å². The molecule has 1 heterocycles. The second-order valence-corrected chi connectivity index (χ2v) is 6.18. The molecule has 1 aromatic carbocycles. The molecule has 0 spiro atoms. The van der Waals surface area contributed by atoms with Crippen molar-refractivity contribution in [3.05, 3.63) is 34.9 Å². The van der Waals surface area contributed by atoms with Crippen LogP contribution in [0.15, 0.2) is 23.2 Å². The zero-order valence-electron chi connectivity index (χ0n) is 13.3. The van der Waals surface area contributed by atoms with E-state index in [1.807, 2.05) is 18.2 Å². The number of nitrogens with zero attached hydrogens (tertiary/aromatic N) is 1. The van der Waals surface area contributed by atoms with Crippen LogP contribution in [0.4, 0.5) is 0 Å². The van der Waals surface area contributed by atoms with Crippen LogP contribution in [-0.4, -0.2) is 24.5 Å². The van der Waals surface area contributed by atoms with Gasteiger partial charge in [-0.25, -0.2) is 4.99 Å². The maximum Gasteiger partial charge on any atom is 0.251 e. The molecule has 1 amide bonds. The van der Waals surface area contributed by atoms with Crippen molar-refractivity contribution in [1.82, 2.24) is 10.6 Å². The van der Waals surface area contributed by atoms with Gasteiger partial charge in [0.1, 0.15) is 0 Å². The minimum Gasteiger partial charge on any atom is -0.370 e. The Balaban J connectivity index is 0.00000192. The number of aliphatic imine (C=N–C) groups is 1. The zero-order valence-corrected chi connectivity index (χ0v) is 15.6. The molecule has 0 bridgehead atoms. The van der Waals surface area contributed by atoms with Gasteiger partial charge < -0.3 is 16.4 Å². The molecule has 1 aliphatic carbocycles. The smallest absolute Gasteiger partial charge is 0.251 e. The minimum absolute atomic E-state index is 0. The number of benzene rings is 1. The van der Waals surface area contributed by atoms with E-state index in [1.54, 1.807) is 0 Å². The summed E-state index contributed by atoms with van der Waals surface area (Å²) in [5.41, 5.74) is 8.89. The Labute approximate surface area is 154 Å². The van der Waals surface area contributed by atoms with Gasteiger partial charge in [-0.2, -0.15) is 0 Å². The normalized spacial score (nSPS) is 18.6.